The molecule has 0 aliphatic heterocycles. The minimum absolute atomic E-state index is 0.0428. The van der Waals surface area contributed by atoms with Gasteiger partial charge in [-0.2, -0.15) is 0 Å². The van der Waals surface area contributed by atoms with Crippen LogP contribution in [0.3, 0.4) is 0 Å². The number of carbonyl (C=O) groups excluding carboxylic acids is 1. The van der Waals surface area contributed by atoms with E-state index in [0.29, 0.717) is 33.7 Å². The van der Waals surface area contributed by atoms with Gasteiger partial charge in [0.2, 0.25) is 5.91 Å². The van der Waals surface area contributed by atoms with Crippen molar-refractivity contribution in [2.75, 3.05) is 6.61 Å². The molecule has 0 aliphatic rings. The maximum atomic E-state index is 12.7. The second-order valence-electron chi connectivity index (χ2n) is 5.80. The minimum Gasteiger partial charge on any atom is -0.384 e. The highest BCUT2D eigenvalue weighted by atomic mass is 35.5. The van der Waals surface area contributed by atoms with Crippen LogP contribution < -0.4 is 10.7 Å². The molecule has 3 rings (SSSR count). The number of benzene rings is 1. The largest absolute Gasteiger partial charge is 0.384 e. The van der Waals surface area contributed by atoms with Crippen molar-refractivity contribution in [3.05, 3.63) is 74.8 Å². The minimum atomic E-state index is -0.288. The van der Waals surface area contributed by atoms with Crippen molar-refractivity contribution in [2.45, 2.75) is 13.0 Å². The molecule has 2 aromatic heterocycles. The van der Waals surface area contributed by atoms with Crippen molar-refractivity contribution in [3.8, 4) is 11.8 Å². The van der Waals surface area contributed by atoms with Crippen molar-refractivity contribution in [2.24, 2.45) is 0 Å². The number of amides is 1. The fraction of sp³-hybridized carbons (Fsp3) is 0.150. The predicted octanol–water partition coefficient (Wildman–Crippen LogP) is 1.78. The Hall–Kier alpha value is -3.14. The second-order valence-corrected chi connectivity index (χ2v) is 6.23. The Bertz CT molecular complexity index is 1100. The van der Waals surface area contributed by atoms with E-state index in [1.54, 1.807) is 18.2 Å². The van der Waals surface area contributed by atoms with Crippen molar-refractivity contribution in [1.29, 1.82) is 0 Å². The maximum absolute atomic E-state index is 12.7. The van der Waals surface area contributed by atoms with Gasteiger partial charge in [0.25, 0.3) is 0 Å². The molecule has 0 radical (unpaired) electrons. The van der Waals surface area contributed by atoms with Crippen LogP contribution in [0, 0.1) is 11.8 Å². The lowest BCUT2D eigenvalue weighted by Gasteiger charge is -2.06. The average molecular weight is 382 g/mol. The number of hydrogen-bond donors (Lipinski definition) is 3. The zero-order valence-electron chi connectivity index (χ0n) is 14.3. The van der Waals surface area contributed by atoms with Gasteiger partial charge in [0, 0.05) is 23.3 Å². The molecule has 0 aliphatic carbocycles. The van der Waals surface area contributed by atoms with Gasteiger partial charge < -0.3 is 15.4 Å². The molecule has 3 aromatic rings. The van der Waals surface area contributed by atoms with Crippen molar-refractivity contribution in [3.63, 3.8) is 0 Å². The number of nitrogens with zero attached hydrogens (tertiary/aromatic N) is 1. The normalized spacial score (nSPS) is 10.3. The van der Waals surface area contributed by atoms with E-state index in [0.717, 1.165) is 5.56 Å². The fourth-order valence-electron chi connectivity index (χ4n) is 2.53. The van der Waals surface area contributed by atoms with E-state index >= 15 is 0 Å². The number of hydrogen-bond acceptors (Lipinski definition) is 4. The van der Waals surface area contributed by atoms with Crippen LogP contribution in [0.25, 0.3) is 10.9 Å². The van der Waals surface area contributed by atoms with Gasteiger partial charge in [-0.1, -0.05) is 29.7 Å². The van der Waals surface area contributed by atoms with Gasteiger partial charge >= 0.3 is 0 Å². The molecule has 1 amide bonds. The lowest BCUT2D eigenvalue weighted by molar-refractivity contribution is -0.120. The van der Waals surface area contributed by atoms with Crippen molar-refractivity contribution in [1.82, 2.24) is 15.3 Å². The third-order valence-electron chi connectivity index (χ3n) is 3.89. The molecule has 0 saturated heterocycles. The van der Waals surface area contributed by atoms with Crippen LogP contribution in [0.2, 0.25) is 5.02 Å². The van der Waals surface area contributed by atoms with Gasteiger partial charge in [-0.15, -0.1) is 0 Å². The molecule has 7 heteroatoms. The van der Waals surface area contributed by atoms with Crippen LogP contribution in [0.15, 0.2) is 47.5 Å². The van der Waals surface area contributed by atoms with Gasteiger partial charge in [0.15, 0.2) is 5.43 Å². The fourth-order valence-corrected chi connectivity index (χ4v) is 2.66. The predicted molar refractivity (Wildman–Crippen MR) is 103 cm³/mol. The summed E-state index contributed by atoms with van der Waals surface area (Å²) in [5.74, 6) is 4.89. The Balaban J connectivity index is 1.75. The highest BCUT2D eigenvalue weighted by Crippen LogP contribution is 2.10. The van der Waals surface area contributed by atoms with Gasteiger partial charge in [-0.25, -0.2) is 4.98 Å². The number of rotatable bonds is 4. The van der Waals surface area contributed by atoms with Crippen LogP contribution in [0.4, 0.5) is 0 Å². The number of aliphatic hydroxyl groups is 1. The molecule has 0 fully saturated rings. The smallest absolute Gasteiger partial charge is 0.224 e. The quantitative estimate of drug-likeness (QED) is 0.600. The molecule has 136 valence electrons. The Morgan fingerprint density at radius 3 is 2.81 bits per heavy atom. The standard InChI is InChI=1S/C20H16ClN3O3/c21-15-5-3-13(4-6-15)10-24-19(26)8-14-11-23-18-12-22-16(2-1-7-25)9-17(18)20(14)27/h3-6,9,11-12,25H,7-8,10H2,(H,23,27)(H,24,26). The zero-order chi connectivity index (χ0) is 19.2. The molecular formula is C20H16ClN3O3. The van der Waals surface area contributed by atoms with Crippen LogP contribution in [0.1, 0.15) is 16.8 Å². The van der Waals surface area contributed by atoms with E-state index < -0.39 is 0 Å². The van der Waals surface area contributed by atoms with E-state index in [-0.39, 0.29) is 24.4 Å². The number of pyridine rings is 2. The summed E-state index contributed by atoms with van der Waals surface area (Å²) in [6, 6.07) is 8.71. The van der Waals surface area contributed by atoms with Crippen LogP contribution in [-0.2, 0) is 17.8 Å². The first kappa shape index (κ1) is 18.6. The molecule has 0 bridgehead atoms. The third-order valence-corrected chi connectivity index (χ3v) is 4.14. The highest BCUT2D eigenvalue weighted by molar-refractivity contribution is 6.30. The molecule has 2 heterocycles. The molecule has 0 atom stereocenters. The molecule has 0 saturated carbocycles. The van der Waals surface area contributed by atoms with Crippen LogP contribution >= 0.6 is 11.6 Å². The van der Waals surface area contributed by atoms with E-state index in [9.17, 15) is 9.59 Å². The molecule has 27 heavy (non-hydrogen) atoms. The first-order valence-corrected chi connectivity index (χ1v) is 8.56. The number of carbonyl (C=O) groups is 1. The molecule has 6 nitrogen and oxygen atoms in total. The SMILES string of the molecule is O=C(Cc1c[nH]c2cnc(C#CCO)cc2c1=O)NCc1ccc(Cl)cc1. The molecule has 0 unspecified atom stereocenters. The van der Waals surface area contributed by atoms with Crippen molar-refractivity contribution >= 4 is 28.4 Å². The van der Waals surface area contributed by atoms with E-state index in [1.165, 1.54) is 12.4 Å². The third kappa shape index (κ3) is 4.73. The molecule has 3 N–H and O–H groups in total. The van der Waals surface area contributed by atoms with Crippen LogP contribution in [-0.4, -0.2) is 27.6 Å². The maximum Gasteiger partial charge on any atom is 0.224 e. The number of aromatic amines is 1. The summed E-state index contributed by atoms with van der Waals surface area (Å²) in [5, 5.41) is 12.6. The molecular weight excluding hydrogens is 366 g/mol. The number of halogens is 1. The van der Waals surface area contributed by atoms with Gasteiger partial charge in [-0.05, 0) is 29.7 Å². The number of aliphatic hydroxyl groups excluding tert-OH is 1. The molecule has 0 spiro atoms. The van der Waals surface area contributed by atoms with E-state index in [4.69, 9.17) is 16.7 Å². The summed E-state index contributed by atoms with van der Waals surface area (Å²) in [6.45, 7) is 0.0657. The second kappa shape index (κ2) is 8.49. The highest BCUT2D eigenvalue weighted by Gasteiger charge is 2.10. The first-order chi connectivity index (χ1) is 13.1. The molecule has 1 aromatic carbocycles. The number of aromatic nitrogens is 2. The lowest BCUT2D eigenvalue weighted by atomic mass is 10.1. The summed E-state index contributed by atoms with van der Waals surface area (Å²) in [6.07, 6.45) is 2.98. The number of fused-ring (bicyclic) bond motifs is 1. The van der Waals surface area contributed by atoms with Crippen molar-refractivity contribution < 1.29 is 9.90 Å². The van der Waals surface area contributed by atoms with Crippen LogP contribution in [0.5, 0.6) is 0 Å². The summed E-state index contributed by atoms with van der Waals surface area (Å²) in [5.41, 5.74) is 1.95. The average Bonchev–Trinajstić information content (AvgIpc) is 2.68. The number of nitrogens with one attached hydrogen (secondary N) is 2. The van der Waals surface area contributed by atoms with Gasteiger partial charge in [0.05, 0.1) is 23.5 Å². The number of H-pyrrole nitrogens is 1. The summed E-state index contributed by atoms with van der Waals surface area (Å²) < 4.78 is 0. The van der Waals surface area contributed by atoms with Gasteiger partial charge in [-0.3, -0.25) is 9.59 Å². The van der Waals surface area contributed by atoms with Gasteiger partial charge in [0.1, 0.15) is 12.3 Å². The first-order valence-electron chi connectivity index (χ1n) is 8.18. The van der Waals surface area contributed by atoms with E-state index in [1.807, 2.05) is 12.1 Å². The monoisotopic (exact) mass is 381 g/mol. The summed E-state index contributed by atoms with van der Waals surface area (Å²) in [4.78, 5) is 31.9. The topological polar surface area (TPSA) is 95.1 Å². The Labute approximate surface area is 160 Å². The lowest BCUT2D eigenvalue weighted by Crippen LogP contribution is -2.27. The Morgan fingerprint density at radius 1 is 1.30 bits per heavy atom. The van der Waals surface area contributed by atoms with E-state index in [2.05, 4.69) is 27.1 Å². The summed E-state index contributed by atoms with van der Waals surface area (Å²) in [7, 11) is 0. The summed E-state index contributed by atoms with van der Waals surface area (Å²) >= 11 is 5.84. The Morgan fingerprint density at radius 2 is 2.07 bits per heavy atom. The zero-order valence-corrected chi connectivity index (χ0v) is 15.0. The Kier molecular flexibility index (Phi) is 5.87.